The van der Waals surface area contributed by atoms with E-state index in [-0.39, 0.29) is 5.54 Å². The predicted molar refractivity (Wildman–Crippen MR) is 74.7 cm³/mol. The second-order valence-electron chi connectivity index (χ2n) is 6.23. The molecule has 2 saturated heterocycles. The molecule has 0 aromatic heterocycles. The fraction of sp³-hybridized carbons (Fsp3) is 1.00. The number of hydrogen-bond donors (Lipinski definition) is 1. The van der Waals surface area contributed by atoms with Crippen molar-refractivity contribution >= 4 is 0 Å². The summed E-state index contributed by atoms with van der Waals surface area (Å²) in [5.41, 5.74) is 6.30. The fourth-order valence-corrected chi connectivity index (χ4v) is 3.39. The SMILES string of the molecule is CC1CC(CN)(N(C)CC2CCCO2)CCN1C. The molecule has 0 radical (unpaired) electrons. The zero-order valence-electron chi connectivity index (χ0n) is 12.2. The van der Waals surface area contributed by atoms with Crippen LogP contribution in [-0.2, 0) is 4.74 Å². The van der Waals surface area contributed by atoms with Crippen molar-refractivity contribution in [2.75, 3.05) is 40.3 Å². The van der Waals surface area contributed by atoms with Crippen molar-refractivity contribution in [3.05, 3.63) is 0 Å². The van der Waals surface area contributed by atoms with Crippen molar-refractivity contribution in [3.63, 3.8) is 0 Å². The minimum Gasteiger partial charge on any atom is -0.377 e. The number of rotatable bonds is 4. The van der Waals surface area contributed by atoms with Crippen LogP contribution >= 0.6 is 0 Å². The molecule has 2 N–H and O–H groups in total. The molecule has 0 aliphatic carbocycles. The topological polar surface area (TPSA) is 41.7 Å². The van der Waals surface area contributed by atoms with Gasteiger partial charge < -0.3 is 15.4 Å². The first-order chi connectivity index (χ1) is 8.57. The minimum absolute atomic E-state index is 0.178. The maximum absolute atomic E-state index is 6.12. The Morgan fingerprint density at radius 3 is 2.83 bits per heavy atom. The summed E-state index contributed by atoms with van der Waals surface area (Å²) in [4.78, 5) is 4.92. The van der Waals surface area contributed by atoms with Crippen LogP contribution in [0.5, 0.6) is 0 Å². The summed E-state index contributed by atoms with van der Waals surface area (Å²) in [5, 5.41) is 0. The summed E-state index contributed by atoms with van der Waals surface area (Å²) in [5.74, 6) is 0. The Morgan fingerprint density at radius 1 is 1.50 bits per heavy atom. The van der Waals surface area contributed by atoms with Crippen molar-refractivity contribution in [2.24, 2.45) is 5.73 Å². The molecule has 2 fully saturated rings. The largest absolute Gasteiger partial charge is 0.377 e. The lowest BCUT2D eigenvalue weighted by Crippen LogP contribution is -2.61. The highest BCUT2D eigenvalue weighted by atomic mass is 16.5. The monoisotopic (exact) mass is 255 g/mol. The summed E-state index contributed by atoms with van der Waals surface area (Å²) in [7, 11) is 4.44. The maximum atomic E-state index is 6.12. The van der Waals surface area contributed by atoms with Gasteiger partial charge in [-0.15, -0.1) is 0 Å². The molecule has 4 heteroatoms. The molecule has 2 heterocycles. The molecular formula is C14H29N3O. The van der Waals surface area contributed by atoms with Gasteiger partial charge in [-0.2, -0.15) is 0 Å². The molecule has 0 spiro atoms. The number of nitrogens with zero attached hydrogens (tertiary/aromatic N) is 2. The first-order valence-corrected chi connectivity index (χ1v) is 7.30. The highest BCUT2D eigenvalue weighted by Crippen LogP contribution is 2.31. The Balaban J connectivity index is 1.97. The summed E-state index contributed by atoms with van der Waals surface area (Å²) < 4.78 is 5.76. The van der Waals surface area contributed by atoms with Gasteiger partial charge in [0.05, 0.1) is 6.10 Å². The molecular weight excluding hydrogens is 226 g/mol. The normalized spacial score (nSPS) is 38.5. The second kappa shape index (κ2) is 5.87. The van der Waals surface area contributed by atoms with E-state index in [1.54, 1.807) is 0 Å². The lowest BCUT2D eigenvalue weighted by atomic mass is 9.82. The minimum atomic E-state index is 0.178. The van der Waals surface area contributed by atoms with E-state index in [1.165, 1.54) is 25.7 Å². The van der Waals surface area contributed by atoms with E-state index in [9.17, 15) is 0 Å². The van der Waals surface area contributed by atoms with Crippen LogP contribution in [0, 0.1) is 0 Å². The van der Waals surface area contributed by atoms with Crippen molar-refractivity contribution in [3.8, 4) is 0 Å². The molecule has 2 aliphatic heterocycles. The summed E-state index contributed by atoms with van der Waals surface area (Å²) >= 11 is 0. The summed E-state index contributed by atoms with van der Waals surface area (Å²) in [6, 6.07) is 0.620. The standard InChI is InChI=1S/C14H29N3O/c1-12-9-14(11-15,6-7-16(12)2)17(3)10-13-5-4-8-18-13/h12-13H,4-11,15H2,1-3H3. The number of likely N-dealkylation sites (N-methyl/N-ethyl adjacent to an activating group) is 1. The van der Waals surface area contributed by atoms with Gasteiger partial charge >= 0.3 is 0 Å². The van der Waals surface area contributed by atoms with Gasteiger partial charge in [-0.05, 0) is 53.2 Å². The number of nitrogens with two attached hydrogens (primary N) is 1. The van der Waals surface area contributed by atoms with Crippen LogP contribution in [0.1, 0.15) is 32.6 Å². The molecule has 0 bridgehead atoms. The first kappa shape index (κ1) is 14.3. The van der Waals surface area contributed by atoms with Crippen molar-refractivity contribution in [1.29, 1.82) is 0 Å². The Labute approximate surface area is 111 Å². The lowest BCUT2D eigenvalue weighted by molar-refractivity contribution is -0.00625. The van der Waals surface area contributed by atoms with Gasteiger partial charge in [0.25, 0.3) is 0 Å². The van der Waals surface area contributed by atoms with Crippen LogP contribution < -0.4 is 5.73 Å². The molecule has 3 unspecified atom stereocenters. The van der Waals surface area contributed by atoms with Gasteiger partial charge in [-0.3, -0.25) is 4.90 Å². The highest BCUT2D eigenvalue weighted by Gasteiger charge is 2.40. The van der Waals surface area contributed by atoms with Gasteiger partial charge in [-0.25, -0.2) is 0 Å². The molecule has 106 valence electrons. The Bertz CT molecular complexity index is 268. The van der Waals surface area contributed by atoms with E-state index >= 15 is 0 Å². The molecule has 3 atom stereocenters. The maximum Gasteiger partial charge on any atom is 0.0702 e. The molecule has 2 aliphatic rings. The van der Waals surface area contributed by atoms with Crippen LogP contribution in [0.3, 0.4) is 0 Å². The van der Waals surface area contributed by atoms with E-state index in [2.05, 4.69) is 30.8 Å². The van der Waals surface area contributed by atoms with Crippen molar-refractivity contribution < 1.29 is 4.74 Å². The van der Waals surface area contributed by atoms with Crippen LogP contribution in [-0.4, -0.2) is 67.8 Å². The number of ether oxygens (including phenoxy) is 1. The first-order valence-electron chi connectivity index (χ1n) is 7.30. The van der Waals surface area contributed by atoms with Gasteiger partial charge in [0, 0.05) is 31.3 Å². The lowest BCUT2D eigenvalue weighted by Gasteiger charge is -2.49. The van der Waals surface area contributed by atoms with Crippen molar-refractivity contribution in [2.45, 2.75) is 50.3 Å². The Hall–Kier alpha value is -0.160. The third-order valence-corrected chi connectivity index (χ3v) is 5.05. The van der Waals surface area contributed by atoms with Gasteiger partial charge in [-0.1, -0.05) is 0 Å². The number of likely N-dealkylation sites (tertiary alicyclic amines) is 1. The summed E-state index contributed by atoms with van der Waals surface area (Å²) in [6.07, 6.45) is 5.19. The van der Waals surface area contributed by atoms with Crippen molar-refractivity contribution in [1.82, 2.24) is 9.80 Å². The molecule has 0 saturated carbocycles. The zero-order valence-corrected chi connectivity index (χ0v) is 12.2. The van der Waals surface area contributed by atoms with Gasteiger partial charge in [0.2, 0.25) is 0 Å². The second-order valence-corrected chi connectivity index (χ2v) is 6.23. The highest BCUT2D eigenvalue weighted by molar-refractivity contribution is 4.98. The van der Waals surface area contributed by atoms with E-state index < -0.39 is 0 Å². The number of hydrogen-bond acceptors (Lipinski definition) is 4. The molecule has 4 nitrogen and oxygen atoms in total. The molecule has 0 amide bonds. The molecule has 0 aromatic carbocycles. The Kier molecular flexibility index (Phi) is 4.64. The van der Waals surface area contributed by atoms with Crippen LogP contribution in [0.15, 0.2) is 0 Å². The van der Waals surface area contributed by atoms with Gasteiger partial charge in [0.15, 0.2) is 0 Å². The van der Waals surface area contributed by atoms with E-state index in [0.717, 1.165) is 26.2 Å². The van der Waals surface area contributed by atoms with Gasteiger partial charge in [0.1, 0.15) is 0 Å². The molecule has 2 rings (SSSR count). The number of piperidine rings is 1. The predicted octanol–water partition coefficient (Wildman–Crippen LogP) is 0.909. The molecule has 0 aromatic rings. The third-order valence-electron chi connectivity index (χ3n) is 5.05. The average Bonchev–Trinajstić information content (AvgIpc) is 2.85. The smallest absolute Gasteiger partial charge is 0.0702 e. The summed E-state index contributed by atoms with van der Waals surface area (Å²) in [6.45, 7) is 6.19. The van der Waals surface area contributed by atoms with Crippen LogP contribution in [0.4, 0.5) is 0 Å². The van der Waals surface area contributed by atoms with E-state index in [4.69, 9.17) is 10.5 Å². The van der Waals surface area contributed by atoms with Crippen LogP contribution in [0.2, 0.25) is 0 Å². The van der Waals surface area contributed by atoms with E-state index in [1.807, 2.05) is 0 Å². The Morgan fingerprint density at radius 2 is 2.28 bits per heavy atom. The van der Waals surface area contributed by atoms with E-state index in [0.29, 0.717) is 12.1 Å². The zero-order chi connectivity index (χ0) is 13.2. The molecule has 18 heavy (non-hydrogen) atoms. The van der Waals surface area contributed by atoms with Crippen LogP contribution in [0.25, 0.3) is 0 Å². The fourth-order valence-electron chi connectivity index (χ4n) is 3.39. The quantitative estimate of drug-likeness (QED) is 0.811. The average molecular weight is 255 g/mol. The third kappa shape index (κ3) is 2.87.